The van der Waals surface area contributed by atoms with Crippen LogP contribution in [-0.4, -0.2) is 0 Å². The molecule has 0 spiro atoms. The molecule has 0 bridgehead atoms. The van der Waals surface area contributed by atoms with E-state index in [9.17, 15) is 4.11 Å². The van der Waals surface area contributed by atoms with Crippen molar-refractivity contribution in [3.05, 3.63) is 261 Å². The van der Waals surface area contributed by atoms with Crippen LogP contribution in [0, 0.1) is 0 Å². The molecule has 296 valence electrons. The molecule has 0 aromatic heterocycles. The Morgan fingerprint density at radius 1 is 0.286 bits per heavy atom. The van der Waals surface area contributed by atoms with E-state index in [-0.39, 0.29) is 18.1 Å². The molecule has 1 heteroatoms. The zero-order valence-corrected chi connectivity index (χ0v) is 34.5. The number of hydrogen-bond acceptors (Lipinski definition) is 1. The van der Waals surface area contributed by atoms with Crippen LogP contribution in [-0.2, 0) is 0 Å². The molecule has 63 heavy (non-hydrogen) atoms. The molecule has 0 aliphatic heterocycles. The van der Waals surface area contributed by atoms with Crippen LogP contribution in [0.25, 0.3) is 88.3 Å². The molecular weight excluding hydrogens is 759 g/mol. The third kappa shape index (κ3) is 7.37. The molecule has 0 atom stereocenters. The monoisotopic (exact) mass is 804 g/mol. The van der Waals surface area contributed by atoms with Gasteiger partial charge in [-0.05, 0) is 125 Å². The lowest BCUT2D eigenvalue weighted by atomic mass is 9.89. The molecule has 11 aromatic carbocycles. The summed E-state index contributed by atoms with van der Waals surface area (Å²) in [6, 6.07) is 83.8. The first kappa shape index (κ1) is 34.5. The van der Waals surface area contributed by atoms with Gasteiger partial charge in [0.2, 0.25) is 0 Å². The number of nitrogens with zero attached hydrogens (tertiary/aromatic N) is 1. The quantitative estimate of drug-likeness (QED) is 0.140. The predicted octanol–water partition coefficient (Wildman–Crippen LogP) is 17.5. The van der Waals surface area contributed by atoms with Gasteiger partial charge in [-0.1, -0.05) is 218 Å². The highest BCUT2D eigenvalue weighted by molar-refractivity contribution is 6.04. The van der Waals surface area contributed by atoms with Gasteiger partial charge < -0.3 is 4.90 Å². The summed E-state index contributed by atoms with van der Waals surface area (Å²) in [6.45, 7) is 0. The second kappa shape index (κ2) is 16.7. The zero-order chi connectivity index (χ0) is 44.6. The lowest BCUT2D eigenvalue weighted by Gasteiger charge is -2.29. The molecule has 11 rings (SSSR count). The van der Waals surface area contributed by atoms with Gasteiger partial charge in [0.15, 0.2) is 0 Å². The maximum absolute atomic E-state index is 9.92. The van der Waals surface area contributed by atoms with Crippen LogP contribution in [0.2, 0.25) is 0 Å². The summed E-state index contributed by atoms with van der Waals surface area (Å²) in [5, 5.41) is 4.75. The highest BCUT2D eigenvalue weighted by atomic mass is 15.1. The third-order valence-corrected chi connectivity index (χ3v) is 12.0. The summed E-state index contributed by atoms with van der Waals surface area (Å²) in [5.41, 5.74) is 13.6. The second-order valence-electron chi connectivity index (χ2n) is 15.8. The van der Waals surface area contributed by atoms with E-state index in [0.717, 1.165) is 72.2 Å². The number of hydrogen-bond donors (Lipinski definition) is 0. The molecule has 0 heterocycles. The lowest BCUT2D eigenvalue weighted by Crippen LogP contribution is -2.11. The third-order valence-electron chi connectivity index (χ3n) is 12.0. The summed E-state index contributed by atoms with van der Waals surface area (Å²) in [6.07, 6.45) is 0. The van der Waals surface area contributed by atoms with Crippen molar-refractivity contribution >= 4 is 38.6 Å². The molecule has 0 radical (unpaired) electrons. The van der Waals surface area contributed by atoms with Crippen LogP contribution in [0.1, 0.15) is 4.11 Å². The molecule has 0 fully saturated rings. The Bertz CT molecular complexity index is 3530. The lowest BCUT2D eigenvalue weighted by molar-refractivity contribution is 1.28. The fourth-order valence-electron chi connectivity index (χ4n) is 8.90. The zero-order valence-electron chi connectivity index (χ0n) is 37.5. The van der Waals surface area contributed by atoms with E-state index < -0.39 is 0 Å². The number of fused-ring (bicyclic) bond motifs is 2. The Hall–Kier alpha value is -8.26. The molecule has 1 nitrogen and oxygen atoms in total. The van der Waals surface area contributed by atoms with E-state index in [1.165, 1.54) is 16.3 Å². The fourth-order valence-corrected chi connectivity index (χ4v) is 8.90. The Labute approximate surface area is 373 Å². The van der Waals surface area contributed by atoms with Crippen molar-refractivity contribution in [3.8, 4) is 66.8 Å². The average molecular weight is 805 g/mol. The van der Waals surface area contributed by atoms with Crippen LogP contribution in [0.5, 0.6) is 0 Å². The minimum absolute atomic E-state index is 0.00707. The molecular formula is C62H43N. The van der Waals surface area contributed by atoms with Crippen molar-refractivity contribution in [1.29, 1.82) is 0 Å². The van der Waals surface area contributed by atoms with Crippen molar-refractivity contribution < 1.29 is 4.11 Å². The predicted molar refractivity (Wildman–Crippen MR) is 269 cm³/mol. The Morgan fingerprint density at radius 3 is 1.46 bits per heavy atom. The van der Waals surface area contributed by atoms with E-state index in [1.807, 2.05) is 66.7 Å². The molecule has 0 aliphatic carbocycles. The van der Waals surface area contributed by atoms with E-state index in [0.29, 0.717) is 16.8 Å². The van der Waals surface area contributed by atoms with Crippen molar-refractivity contribution in [2.24, 2.45) is 0 Å². The first-order chi connectivity index (χ1) is 32.5. The van der Waals surface area contributed by atoms with Gasteiger partial charge in [-0.25, -0.2) is 0 Å². The minimum Gasteiger partial charge on any atom is -0.310 e. The molecule has 0 saturated heterocycles. The van der Waals surface area contributed by atoms with E-state index in [1.54, 1.807) is 0 Å². The molecule has 0 saturated carbocycles. The molecule has 0 amide bonds. The Balaban J connectivity index is 1.10. The van der Waals surface area contributed by atoms with Crippen LogP contribution < -0.4 is 4.90 Å². The first-order valence-electron chi connectivity index (χ1n) is 22.9. The standard InChI is InChI=1S/C62H43N/c1-4-16-44(17-5-1)52-35-41-61(60(43-52)48-20-8-3-9-21-48)63(54-36-30-45(31-37-54)51-25-14-26-53(42-51)57-29-15-24-46-22-10-12-27-56(46)57)55-38-32-50(33-39-55)62-58-28-13-11-23-49(58)34-40-59(62)47-18-6-2-7-19-47/h1-43H/i35D,41D,43D. The summed E-state index contributed by atoms with van der Waals surface area (Å²) in [4.78, 5) is 2.07. The normalized spacial score (nSPS) is 11.8. The second-order valence-corrected chi connectivity index (χ2v) is 15.8. The highest BCUT2D eigenvalue weighted by Crippen LogP contribution is 2.45. The minimum atomic E-state index is 0.00707. The van der Waals surface area contributed by atoms with Crippen molar-refractivity contribution in [3.63, 3.8) is 0 Å². The first-order valence-corrected chi connectivity index (χ1v) is 21.4. The van der Waals surface area contributed by atoms with Crippen molar-refractivity contribution in [2.75, 3.05) is 4.90 Å². The summed E-state index contributed by atoms with van der Waals surface area (Å²) < 4.78 is 29.4. The van der Waals surface area contributed by atoms with Crippen LogP contribution in [0.15, 0.2) is 261 Å². The van der Waals surface area contributed by atoms with Gasteiger partial charge in [0.25, 0.3) is 0 Å². The van der Waals surface area contributed by atoms with E-state index in [2.05, 4.69) is 181 Å². The molecule has 11 aromatic rings. The molecule has 0 unspecified atom stereocenters. The average Bonchev–Trinajstić information content (AvgIpc) is 3.39. The summed E-state index contributed by atoms with van der Waals surface area (Å²) in [7, 11) is 0. The summed E-state index contributed by atoms with van der Waals surface area (Å²) in [5.74, 6) is 0. The van der Waals surface area contributed by atoms with Gasteiger partial charge >= 0.3 is 0 Å². The van der Waals surface area contributed by atoms with Crippen LogP contribution in [0.4, 0.5) is 17.1 Å². The van der Waals surface area contributed by atoms with Gasteiger partial charge in [-0.3, -0.25) is 0 Å². The number of rotatable bonds is 9. The SMILES string of the molecule is [2H]c1c([2H])c(N(c2ccc(-c3cccc(-c4cccc5ccccc45)c3)cc2)c2ccc(-c3c(-c4ccccc4)ccc4ccccc34)cc2)c(-c2ccccc2)c([2H])c1-c1ccccc1. The van der Waals surface area contributed by atoms with Crippen molar-refractivity contribution in [2.45, 2.75) is 0 Å². The van der Waals surface area contributed by atoms with Crippen LogP contribution in [0.3, 0.4) is 0 Å². The largest absolute Gasteiger partial charge is 0.310 e. The van der Waals surface area contributed by atoms with Gasteiger partial charge in [-0.2, -0.15) is 0 Å². The van der Waals surface area contributed by atoms with Crippen molar-refractivity contribution in [1.82, 2.24) is 0 Å². The number of benzene rings is 11. The molecule has 0 N–H and O–H groups in total. The smallest absolute Gasteiger partial charge is 0.0645 e. The highest BCUT2D eigenvalue weighted by Gasteiger charge is 2.20. The van der Waals surface area contributed by atoms with Gasteiger partial charge in [0, 0.05) is 16.9 Å². The van der Waals surface area contributed by atoms with E-state index >= 15 is 0 Å². The Kier molecular flexibility index (Phi) is 9.11. The maximum Gasteiger partial charge on any atom is 0.0645 e. The summed E-state index contributed by atoms with van der Waals surface area (Å²) >= 11 is 0. The maximum atomic E-state index is 9.92. The van der Waals surface area contributed by atoms with Gasteiger partial charge in [0.05, 0.1) is 9.80 Å². The van der Waals surface area contributed by atoms with E-state index in [4.69, 9.17) is 0 Å². The van der Waals surface area contributed by atoms with Gasteiger partial charge in [-0.15, -0.1) is 0 Å². The number of anilines is 3. The molecule has 0 aliphatic rings. The fraction of sp³-hybridized carbons (Fsp3) is 0. The van der Waals surface area contributed by atoms with Crippen LogP contribution >= 0.6 is 0 Å². The topological polar surface area (TPSA) is 3.24 Å². The Morgan fingerprint density at radius 2 is 0.778 bits per heavy atom. The van der Waals surface area contributed by atoms with Gasteiger partial charge in [0.1, 0.15) is 0 Å².